The quantitative estimate of drug-likeness (QED) is 0.864. The van der Waals surface area contributed by atoms with Gasteiger partial charge in [0.05, 0.1) is 12.1 Å². The maximum absolute atomic E-state index is 9.51. The van der Waals surface area contributed by atoms with Crippen LogP contribution in [0.2, 0.25) is 0 Å². The van der Waals surface area contributed by atoms with Crippen molar-refractivity contribution in [1.29, 1.82) is 0 Å². The Labute approximate surface area is 113 Å². The highest BCUT2D eigenvalue weighted by atomic mass is 16.5. The number of ether oxygens (including phenoxy) is 1. The minimum Gasteiger partial charge on any atom is -0.392 e. The Bertz CT molecular complexity index is 414. The number of aromatic nitrogens is 2. The molecule has 0 spiro atoms. The average Bonchev–Trinajstić information content (AvgIpc) is 2.92. The molecule has 2 N–H and O–H groups in total. The van der Waals surface area contributed by atoms with Crippen LogP contribution >= 0.6 is 0 Å². The number of rotatable bonds is 4. The molecule has 0 bridgehead atoms. The maximum atomic E-state index is 9.51. The first-order valence-electron chi connectivity index (χ1n) is 6.78. The fourth-order valence-electron chi connectivity index (χ4n) is 2.28. The van der Waals surface area contributed by atoms with Crippen LogP contribution in [0.1, 0.15) is 58.0 Å². The van der Waals surface area contributed by atoms with Gasteiger partial charge in [-0.25, -0.2) is 0 Å². The van der Waals surface area contributed by atoms with Crippen LogP contribution in [-0.4, -0.2) is 34.5 Å². The van der Waals surface area contributed by atoms with Gasteiger partial charge in [-0.3, -0.25) is 0 Å². The third-order valence-electron chi connectivity index (χ3n) is 3.22. The first-order valence-corrected chi connectivity index (χ1v) is 6.78. The zero-order valence-corrected chi connectivity index (χ0v) is 12.0. The maximum Gasteiger partial charge on any atom is 0.243 e. The summed E-state index contributed by atoms with van der Waals surface area (Å²) in [7, 11) is 0. The van der Waals surface area contributed by atoms with E-state index in [2.05, 4.69) is 36.2 Å². The number of nitrogens with zero attached hydrogens (tertiary/aromatic N) is 2. The molecule has 1 saturated heterocycles. The molecule has 6 nitrogen and oxygen atoms in total. The Kier molecular flexibility index (Phi) is 4.23. The molecule has 1 aliphatic heterocycles. The van der Waals surface area contributed by atoms with E-state index in [1.54, 1.807) is 0 Å². The molecule has 1 aromatic rings. The van der Waals surface area contributed by atoms with Crippen molar-refractivity contribution >= 4 is 0 Å². The normalized spacial score (nSPS) is 25.7. The first kappa shape index (κ1) is 14.4. The topological polar surface area (TPSA) is 80.4 Å². The van der Waals surface area contributed by atoms with E-state index in [0.717, 1.165) is 0 Å². The summed E-state index contributed by atoms with van der Waals surface area (Å²) in [5.74, 6) is 1.10. The predicted molar refractivity (Wildman–Crippen MR) is 69.5 cm³/mol. The number of aliphatic hydroxyl groups is 1. The predicted octanol–water partition coefficient (Wildman–Crippen LogP) is 1.59. The van der Waals surface area contributed by atoms with E-state index in [0.29, 0.717) is 31.3 Å². The number of aliphatic hydroxyl groups excluding tert-OH is 1. The van der Waals surface area contributed by atoms with Gasteiger partial charge < -0.3 is 19.7 Å². The number of β-amino-alcohol motifs (C(OH)–C–C–N with tert-alkyl or cyclic N) is 1. The molecule has 0 amide bonds. The van der Waals surface area contributed by atoms with Gasteiger partial charge in [0.2, 0.25) is 11.7 Å². The highest BCUT2D eigenvalue weighted by Crippen LogP contribution is 2.35. The molecule has 3 unspecified atom stereocenters. The summed E-state index contributed by atoms with van der Waals surface area (Å²) in [5, 5.41) is 16.7. The van der Waals surface area contributed by atoms with Gasteiger partial charge in [0, 0.05) is 13.2 Å². The molecule has 108 valence electrons. The van der Waals surface area contributed by atoms with Crippen LogP contribution in [0.15, 0.2) is 4.52 Å². The molecule has 0 aromatic carbocycles. The summed E-state index contributed by atoms with van der Waals surface area (Å²) in [5.41, 5.74) is -0.0974. The largest absolute Gasteiger partial charge is 0.392 e. The standard InChI is InChI=1S/C13H23N3O3/c1-5-18-10(13(2,3)4)11-15-12(19-16-11)9-6-8(17)7-14-9/h8-10,14,17H,5-7H2,1-4H3. The van der Waals surface area contributed by atoms with Gasteiger partial charge in [0.15, 0.2) is 0 Å². The molecule has 19 heavy (non-hydrogen) atoms. The van der Waals surface area contributed by atoms with E-state index in [4.69, 9.17) is 9.26 Å². The molecule has 1 aromatic heterocycles. The zero-order valence-electron chi connectivity index (χ0n) is 12.0. The Morgan fingerprint density at radius 2 is 2.26 bits per heavy atom. The number of nitrogens with one attached hydrogen (secondary N) is 1. The molecule has 1 fully saturated rings. The molecule has 2 heterocycles. The molecule has 0 radical (unpaired) electrons. The molecule has 1 aliphatic rings. The zero-order chi connectivity index (χ0) is 14.0. The second kappa shape index (κ2) is 5.56. The Hall–Kier alpha value is -0.980. The fourth-order valence-corrected chi connectivity index (χ4v) is 2.28. The Morgan fingerprint density at radius 3 is 2.79 bits per heavy atom. The Balaban J connectivity index is 2.14. The first-order chi connectivity index (χ1) is 8.91. The van der Waals surface area contributed by atoms with Gasteiger partial charge in [-0.15, -0.1) is 0 Å². The van der Waals surface area contributed by atoms with Gasteiger partial charge in [0.1, 0.15) is 6.10 Å². The van der Waals surface area contributed by atoms with Gasteiger partial charge >= 0.3 is 0 Å². The van der Waals surface area contributed by atoms with E-state index in [1.165, 1.54) is 0 Å². The summed E-state index contributed by atoms with van der Waals surface area (Å²) >= 11 is 0. The van der Waals surface area contributed by atoms with Crippen LogP contribution in [0.4, 0.5) is 0 Å². The van der Waals surface area contributed by atoms with E-state index in [-0.39, 0.29) is 23.7 Å². The lowest BCUT2D eigenvalue weighted by Crippen LogP contribution is -2.23. The molecular weight excluding hydrogens is 246 g/mol. The van der Waals surface area contributed by atoms with E-state index in [9.17, 15) is 5.11 Å². The lowest BCUT2D eigenvalue weighted by Gasteiger charge is -2.27. The molecule has 6 heteroatoms. The van der Waals surface area contributed by atoms with Crippen LogP contribution in [0.3, 0.4) is 0 Å². The average molecular weight is 269 g/mol. The minimum absolute atomic E-state index is 0.0569. The lowest BCUT2D eigenvalue weighted by atomic mass is 9.88. The van der Waals surface area contributed by atoms with Gasteiger partial charge in [-0.2, -0.15) is 4.98 Å². The number of hydrogen-bond donors (Lipinski definition) is 2. The number of hydrogen-bond acceptors (Lipinski definition) is 6. The van der Waals surface area contributed by atoms with Gasteiger partial charge in [-0.05, 0) is 18.8 Å². The van der Waals surface area contributed by atoms with Crippen molar-refractivity contribution in [2.75, 3.05) is 13.2 Å². The smallest absolute Gasteiger partial charge is 0.243 e. The molecule has 3 atom stereocenters. The van der Waals surface area contributed by atoms with Crippen LogP contribution in [0.5, 0.6) is 0 Å². The van der Waals surface area contributed by atoms with Crippen molar-refractivity contribution in [1.82, 2.24) is 15.5 Å². The summed E-state index contributed by atoms with van der Waals surface area (Å²) < 4.78 is 11.0. The van der Waals surface area contributed by atoms with Gasteiger partial charge in [0.25, 0.3) is 0 Å². The van der Waals surface area contributed by atoms with E-state index < -0.39 is 0 Å². The van der Waals surface area contributed by atoms with Crippen molar-refractivity contribution in [2.45, 2.75) is 52.4 Å². The Morgan fingerprint density at radius 1 is 1.53 bits per heavy atom. The van der Waals surface area contributed by atoms with Gasteiger partial charge in [-0.1, -0.05) is 25.9 Å². The highest BCUT2D eigenvalue weighted by Gasteiger charge is 2.34. The summed E-state index contributed by atoms with van der Waals surface area (Å²) in [6, 6.07) is -0.0569. The summed E-state index contributed by atoms with van der Waals surface area (Å²) in [6.07, 6.45) is 0.0724. The third kappa shape index (κ3) is 3.32. The minimum atomic E-state index is -0.342. The van der Waals surface area contributed by atoms with Crippen molar-refractivity contribution in [3.05, 3.63) is 11.7 Å². The van der Waals surface area contributed by atoms with Crippen LogP contribution in [-0.2, 0) is 4.74 Å². The highest BCUT2D eigenvalue weighted by molar-refractivity contribution is 5.01. The fraction of sp³-hybridized carbons (Fsp3) is 0.846. The monoisotopic (exact) mass is 269 g/mol. The van der Waals surface area contributed by atoms with Crippen molar-refractivity contribution < 1.29 is 14.4 Å². The molecule has 0 saturated carbocycles. The third-order valence-corrected chi connectivity index (χ3v) is 3.22. The molecule has 2 rings (SSSR count). The second-order valence-corrected chi connectivity index (χ2v) is 6.04. The van der Waals surface area contributed by atoms with Crippen molar-refractivity contribution in [3.63, 3.8) is 0 Å². The van der Waals surface area contributed by atoms with E-state index >= 15 is 0 Å². The SMILES string of the molecule is CCOC(c1noc(C2CC(O)CN2)n1)C(C)(C)C. The van der Waals surface area contributed by atoms with Crippen LogP contribution in [0, 0.1) is 5.41 Å². The van der Waals surface area contributed by atoms with Crippen molar-refractivity contribution in [2.24, 2.45) is 5.41 Å². The second-order valence-electron chi connectivity index (χ2n) is 6.04. The molecular formula is C13H23N3O3. The van der Waals surface area contributed by atoms with Crippen molar-refractivity contribution in [3.8, 4) is 0 Å². The summed E-state index contributed by atoms with van der Waals surface area (Å²) in [6.45, 7) is 9.38. The van der Waals surface area contributed by atoms with E-state index in [1.807, 2.05) is 6.92 Å². The van der Waals surface area contributed by atoms with Crippen LogP contribution < -0.4 is 5.32 Å². The summed E-state index contributed by atoms with van der Waals surface area (Å²) in [4.78, 5) is 4.44. The van der Waals surface area contributed by atoms with Crippen LogP contribution in [0.25, 0.3) is 0 Å². The lowest BCUT2D eigenvalue weighted by molar-refractivity contribution is -0.0203. The molecule has 0 aliphatic carbocycles.